The first-order valence-electron chi connectivity index (χ1n) is 13.1. The number of carbonyl (C=O) groups excluding carboxylic acids is 2. The van der Waals surface area contributed by atoms with Gasteiger partial charge in [0.25, 0.3) is 5.91 Å². The van der Waals surface area contributed by atoms with Crippen molar-refractivity contribution in [3.63, 3.8) is 0 Å². The van der Waals surface area contributed by atoms with Crippen LogP contribution in [0.25, 0.3) is 0 Å². The summed E-state index contributed by atoms with van der Waals surface area (Å²) in [7, 11) is -3.61. The Bertz CT molecular complexity index is 1590. The Balaban J connectivity index is 0.000000193. The Morgan fingerprint density at radius 1 is 0.881 bits per heavy atom. The van der Waals surface area contributed by atoms with Crippen LogP contribution < -0.4 is 16.4 Å². The van der Waals surface area contributed by atoms with Crippen molar-refractivity contribution < 1.29 is 27.9 Å². The average molecular weight is 606 g/mol. The van der Waals surface area contributed by atoms with Crippen LogP contribution in [0.4, 0.5) is 5.69 Å². The van der Waals surface area contributed by atoms with Gasteiger partial charge in [-0.3, -0.25) is 19.3 Å². The molecule has 11 heteroatoms. The third kappa shape index (κ3) is 6.99. The molecule has 2 aliphatic rings. The van der Waals surface area contributed by atoms with Gasteiger partial charge in [0.15, 0.2) is 9.84 Å². The zero-order chi connectivity index (χ0) is 30.3. The number of carboxylic acids is 1. The molecule has 2 amide bonds. The van der Waals surface area contributed by atoms with Crippen LogP contribution in [0.15, 0.2) is 114 Å². The number of hydrogen-bond donors (Lipinski definition) is 3. The van der Waals surface area contributed by atoms with Gasteiger partial charge in [0.1, 0.15) is 11.8 Å². The van der Waals surface area contributed by atoms with Crippen LogP contribution in [0, 0.1) is 5.92 Å². The van der Waals surface area contributed by atoms with E-state index in [1.165, 1.54) is 16.7 Å². The minimum absolute atomic E-state index is 0.0176. The van der Waals surface area contributed by atoms with Crippen LogP contribution in [-0.2, 0) is 26.0 Å². The molecule has 1 heterocycles. The van der Waals surface area contributed by atoms with Crippen LogP contribution in [0.2, 0.25) is 0 Å². The standard InChI is InChI=1S/C16H16N2O3.C15H15NO3S2/c17-10-12-5-4-6-13(9-12)16(21)18(11-15(19)20)14-7-2-1-3-8-14;16-15(17)13-14(11-8-4-5-9-12(11)20-13)21(18,19)10-6-2-1-3-7-10/h1-9H,10-11,17H2,(H,19,20);1-9,11-14H,(H2,16,17). The van der Waals surface area contributed by atoms with Gasteiger partial charge in [-0.15, -0.1) is 11.8 Å². The summed E-state index contributed by atoms with van der Waals surface area (Å²) in [4.78, 5) is 36.8. The molecule has 5 rings (SSSR count). The number of aliphatic carboxylic acids is 1. The zero-order valence-corrected chi connectivity index (χ0v) is 24.2. The Kier molecular flexibility index (Phi) is 10.00. The van der Waals surface area contributed by atoms with Gasteiger partial charge in [0.2, 0.25) is 5.91 Å². The minimum Gasteiger partial charge on any atom is -0.480 e. The van der Waals surface area contributed by atoms with Crippen molar-refractivity contribution in [1.29, 1.82) is 0 Å². The van der Waals surface area contributed by atoms with Gasteiger partial charge in [0, 0.05) is 29.0 Å². The number of benzene rings is 3. The molecular weight excluding hydrogens is 574 g/mol. The number of primary amides is 1. The van der Waals surface area contributed by atoms with Crippen LogP contribution in [0.5, 0.6) is 0 Å². The average Bonchev–Trinajstić information content (AvgIpc) is 3.42. The molecule has 3 aromatic rings. The second kappa shape index (κ2) is 13.6. The number of fused-ring (bicyclic) bond motifs is 1. The molecule has 1 aliphatic carbocycles. The maximum atomic E-state index is 12.9. The molecule has 1 aliphatic heterocycles. The molecular formula is C31H31N3O6S2. The van der Waals surface area contributed by atoms with E-state index in [4.69, 9.17) is 16.6 Å². The van der Waals surface area contributed by atoms with Crippen molar-refractivity contribution in [3.05, 3.63) is 120 Å². The van der Waals surface area contributed by atoms with Gasteiger partial charge < -0.3 is 16.6 Å². The fourth-order valence-corrected chi connectivity index (χ4v) is 9.01. The topological polar surface area (TPSA) is 161 Å². The summed E-state index contributed by atoms with van der Waals surface area (Å²) >= 11 is 1.34. The molecule has 218 valence electrons. The van der Waals surface area contributed by atoms with Gasteiger partial charge in [-0.2, -0.15) is 0 Å². The molecule has 0 radical (unpaired) electrons. The van der Waals surface area contributed by atoms with E-state index in [0.717, 1.165) is 5.56 Å². The van der Waals surface area contributed by atoms with Gasteiger partial charge in [0.05, 0.1) is 10.1 Å². The predicted molar refractivity (Wildman–Crippen MR) is 164 cm³/mol. The molecule has 1 saturated heterocycles. The number of anilines is 1. The number of carboxylic acid groups (broad SMARTS) is 1. The lowest BCUT2D eigenvalue weighted by molar-refractivity contribution is -0.135. The van der Waals surface area contributed by atoms with Crippen molar-refractivity contribution in [3.8, 4) is 0 Å². The van der Waals surface area contributed by atoms with Crippen molar-refractivity contribution in [2.75, 3.05) is 11.4 Å². The summed E-state index contributed by atoms with van der Waals surface area (Å²) < 4.78 is 25.9. The SMILES string of the molecule is NC(=O)C1SC2C=CC=CC2C1S(=O)(=O)c1ccccc1.NCc1cccc(C(=O)N(CC(=O)O)c2ccccc2)c1. The lowest BCUT2D eigenvalue weighted by atomic mass is 9.95. The first kappa shape index (κ1) is 30.8. The highest BCUT2D eigenvalue weighted by molar-refractivity contribution is 8.03. The number of amides is 2. The van der Waals surface area contributed by atoms with Crippen molar-refractivity contribution >= 4 is 45.1 Å². The number of nitrogens with zero attached hydrogens (tertiary/aromatic N) is 1. The second-order valence-electron chi connectivity index (χ2n) is 9.62. The van der Waals surface area contributed by atoms with E-state index in [9.17, 15) is 22.8 Å². The summed E-state index contributed by atoms with van der Waals surface area (Å²) in [5.41, 5.74) is 12.8. The van der Waals surface area contributed by atoms with E-state index >= 15 is 0 Å². The largest absolute Gasteiger partial charge is 0.480 e. The maximum Gasteiger partial charge on any atom is 0.323 e. The normalized spacial score (nSPS) is 20.6. The quantitative estimate of drug-likeness (QED) is 0.352. The highest BCUT2D eigenvalue weighted by Gasteiger charge is 2.51. The van der Waals surface area contributed by atoms with E-state index < -0.39 is 38.8 Å². The highest BCUT2D eigenvalue weighted by Crippen LogP contribution is 2.46. The summed E-state index contributed by atoms with van der Waals surface area (Å²) in [6, 6.07) is 23.9. The number of carbonyl (C=O) groups is 3. The molecule has 0 aromatic heterocycles. The van der Waals surface area contributed by atoms with E-state index in [2.05, 4.69) is 0 Å². The monoisotopic (exact) mass is 605 g/mol. The first-order valence-corrected chi connectivity index (χ1v) is 15.6. The van der Waals surface area contributed by atoms with Gasteiger partial charge in [-0.25, -0.2) is 8.42 Å². The number of nitrogens with two attached hydrogens (primary N) is 2. The van der Waals surface area contributed by atoms with Gasteiger partial charge in [-0.05, 0) is 42.0 Å². The fourth-order valence-electron chi connectivity index (χ4n) is 4.86. The number of thioether (sulfide) groups is 1. The molecule has 0 saturated carbocycles. The smallest absolute Gasteiger partial charge is 0.323 e. The van der Waals surface area contributed by atoms with Crippen molar-refractivity contribution in [2.45, 2.75) is 27.2 Å². The molecule has 3 aromatic carbocycles. The number of allylic oxidation sites excluding steroid dienone is 3. The van der Waals surface area contributed by atoms with E-state index in [1.807, 2.05) is 36.4 Å². The van der Waals surface area contributed by atoms with Crippen molar-refractivity contribution in [2.24, 2.45) is 17.4 Å². The molecule has 4 unspecified atom stereocenters. The fraction of sp³-hybridized carbons (Fsp3) is 0.194. The first-order chi connectivity index (χ1) is 20.1. The third-order valence-corrected chi connectivity index (χ3v) is 10.8. The van der Waals surface area contributed by atoms with E-state index in [0.29, 0.717) is 17.8 Å². The van der Waals surface area contributed by atoms with Gasteiger partial charge in [-0.1, -0.05) is 72.8 Å². The highest BCUT2D eigenvalue weighted by atomic mass is 32.2. The van der Waals surface area contributed by atoms with Crippen LogP contribution in [0.1, 0.15) is 15.9 Å². The Hall–Kier alpha value is -4.19. The molecule has 0 bridgehead atoms. The Morgan fingerprint density at radius 2 is 1.52 bits per heavy atom. The van der Waals surface area contributed by atoms with Gasteiger partial charge >= 0.3 is 5.97 Å². The molecule has 42 heavy (non-hydrogen) atoms. The molecule has 9 nitrogen and oxygen atoms in total. The summed E-state index contributed by atoms with van der Waals surface area (Å²) in [6.07, 6.45) is 7.51. The minimum atomic E-state index is -3.61. The Morgan fingerprint density at radius 3 is 2.14 bits per heavy atom. The number of sulfone groups is 1. The third-order valence-electron chi connectivity index (χ3n) is 6.83. The van der Waals surface area contributed by atoms with Crippen LogP contribution in [-0.4, -0.2) is 53.6 Å². The van der Waals surface area contributed by atoms with Crippen molar-refractivity contribution in [1.82, 2.24) is 0 Å². The zero-order valence-electron chi connectivity index (χ0n) is 22.5. The number of para-hydroxylation sites is 1. The summed E-state index contributed by atoms with van der Waals surface area (Å²) in [5, 5.41) is 7.47. The number of rotatable bonds is 8. The molecule has 5 N–H and O–H groups in total. The predicted octanol–water partition coefficient (Wildman–Crippen LogP) is 3.42. The lowest BCUT2D eigenvalue weighted by Crippen LogP contribution is -2.41. The maximum absolute atomic E-state index is 12.9. The molecule has 4 atom stereocenters. The van der Waals surface area contributed by atoms with E-state index in [1.54, 1.807) is 72.8 Å². The van der Waals surface area contributed by atoms with E-state index in [-0.39, 0.29) is 22.0 Å². The summed E-state index contributed by atoms with van der Waals surface area (Å²) in [5.74, 6) is -2.22. The van der Waals surface area contributed by atoms with Crippen LogP contribution in [0.3, 0.4) is 0 Å². The number of hydrogen-bond acceptors (Lipinski definition) is 7. The molecule has 1 fully saturated rings. The molecule has 0 spiro atoms. The second-order valence-corrected chi connectivity index (χ2v) is 13.0. The Labute approximate surface area is 248 Å². The van der Waals surface area contributed by atoms with Crippen LogP contribution >= 0.6 is 11.8 Å². The lowest BCUT2D eigenvalue weighted by Gasteiger charge is -2.22. The summed E-state index contributed by atoms with van der Waals surface area (Å²) in [6.45, 7) is -0.0684.